The molecule has 0 radical (unpaired) electrons. The van der Waals surface area contributed by atoms with Crippen LogP contribution in [0.2, 0.25) is 0 Å². The lowest BCUT2D eigenvalue weighted by Gasteiger charge is -2.49. The van der Waals surface area contributed by atoms with Crippen molar-refractivity contribution in [3.8, 4) is 0 Å². The van der Waals surface area contributed by atoms with Crippen LogP contribution < -0.4 is 28.7 Å². The number of carbonyl (C=O) groups is 6. The number of aliphatic carboxylic acids is 1. The molecule has 0 aromatic carbocycles. The Bertz CT molecular complexity index is 843. The second-order valence-corrected chi connectivity index (χ2v) is 8.95. The van der Waals surface area contributed by atoms with Gasteiger partial charge < -0.3 is 38.9 Å². The van der Waals surface area contributed by atoms with Crippen LogP contribution in [0.3, 0.4) is 0 Å². The molecule has 14 nitrogen and oxygen atoms in total. The average Bonchev–Trinajstić information content (AvgIpc) is 2.72. The molecule has 0 aromatic heterocycles. The fraction of sp³-hybridized carbons (Fsp3) is 0.700. The number of imide groups is 1. The highest BCUT2D eigenvalue weighted by molar-refractivity contribution is 6.21. The highest BCUT2D eigenvalue weighted by atomic mass is 16.4. The van der Waals surface area contributed by atoms with Crippen molar-refractivity contribution in [3.05, 3.63) is 0 Å². The Morgan fingerprint density at radius 1 is 0.912 bits per heavy atom. The van der Waals surface area contributed by atoms with Gasteiger partial charge in [0.05, 0.1) is 42.6 Å². The Morgan fingerprint density at radius 3 is 1.71 bits per heavy atom. The van der Waals surface area contributed by atoms with Gasteiger partial charge in [-0.2, -0.15) is 0 Å². The molecule has 0 spiro atoms. The molecule has 0 aromatic rings. The van der Waals surface area contributed by atoms with E-state index in [1.807, 2.05) is 0 Å². The number of amides is 3. The van der Waals surface area contributed by atoms with Crippen molar-refractivity contribution >= 4 is 35.3 Å². The maximum absolute atomic E-state index is 13.6. The quantitative estimate of drug-likeness (QED) is 0.123. The van der Waals surface area contributed by atoms with Crippen molar-refractivity contribution in [3.63, 3.8) is 0 Å². The summed E-state index contributed by atoms with van der Waals surface area (Å²) >= 11 is 0. The number of nitrogens with two attached hydrogens (primary N) is 5. The first-order chi connectivity index (χ1) is 15.3. The SMILES string of the molecule is CC(C)C(N)C(=O)C(C)(C)C(C(=O)O)(C(=O)C(N)C(C)O)N(C(=O)CN)C(=O)C(N)CC(N)=O. The van der Waals surface area contributed by atoms with Crippen LogP contribution in [-0.2, 0) is 28.8 Å². The van der Waals surface area contributed by atoms with Crippen molar-refractivity contribution in [2.45, 2.75) is 70.8 Å². The molecule has 0 rings (SSSR count). The molecule has 5 atom stereocenters. The van der Waals surface area contributed by atoms with Gasteiger partial charge in [0, 0.05) is 0 Å². The average molecular weight is 489 g/mol. The molecule has 3 amide bonds. The summed E-state index contributed by atoms with van der Waals surface area (Å²) in [5, 5.41) is 20.3. The molecule has 0 heterocycles. The fourth-order valence-corrected chi connectivity index (χ4v) is 3.56. The smallest absolute Gasteiger partial charge is 0.339 e. The van der Waals surface area contributed by atoms with E-state index in [0.717, 1.165) is 20.8 Å². The first kappa shape index (κ1) is 31.2. The second-order valence-electron chi connectivity index (χ2n) is 8.95. The minimum atomic E-state index is -3.34. The summed E-state index contributed by atoms with van der Waals surface area (Å²) in [6.07, 6.45) is -2.47. The summed E-state index contributed by atoms with van der Waals surface area (Å²) in [7, 11) is 0. The third-order valence-corrected chi connectivity index (χ3v) is 5.75. The molecule has 0 saturated heterocycles. The van der Waals surface area contributed by atoms with Crippen molar-refractivity contribution in [2.75, 3.05) is 6.54 Å². The number of carbonyl (C=O) groups excluding carboxylic acids is 5. The predicted molar refractivity (Wildman–Crippen MR) is 119 cm³/mol. The van der Waals surface area contributed by atoms with E-state index in [4.69, 9.17) is 28.7 Å². The summed E-state index contributed by atoms with van der Waals surface area (Å²) < 4.78 is 0. The van der Waals surface area contributed by atoms with E-state index in [9.17, 15) is 39.0 Å². The molecule has 12 N–H and O–H groups in total. The summed E-state index contributed by atoms with van der Waals surface area (Å²) in [6, 6.07) is -5.16. The zero-order valence-corrected chi connectivity index (χ0v) is 20.0. The number of carboxylic acid groups (broad SMARTS) is 1. The standard InChI is InChI=1S/C20H36N6O8/c1-8(2)13(24)15(30)19(4,5)20(18(33)34,16(31)14(25)9(3)27)26(12(29)7-21)17(32)10(22)6-11(23)28/h8-10,13-14,27H,6-7,21-22,24-25H2,1-5H3,(H2,23,28)(H,33,34). The molecule has 5 unspecified atom stereocenters. The number of rotatable bonds is 13. The molecular formula is C20H36N6O8. The molecule has 14 heteroatoms. The Kier molecular flexibility index (Phi) is 10.6. The number of Topliss-reactive ketones (excluding diaryl/α,β-unsaturated/α-hetero) is 2. The van der Waals surface area contributed by atoms with E-state index in [1.54, 1.807) is 13.8 Å². The molecule has 0 saturated carbocycles. The molecule has 0 aliphatic heterocycles. The van der Waals surface area contributed by atoms with Crippen LogP contribution in [0.25, 0.3) is 0 Å². The van der Waals surface area contributed by atoms with Gasteiger partial charge in [0.15, 0.2) is 11.6 Å². The van der Waals surface area contributed by atoms with E-state index in [-0.39, 0.29) is 4.90 Å². The second kappa shape index (κ2) is 11.6. The Morgan fingerprint density at radius 2 is 1.38 bits per heavy atom. The van der Waals surface area contributed by atoms with Crippen molar-refractivity contribution in [1.29, 1.82) is 0 Å². The number of ketones is 2. The molecule has 0 aliphatic rings. The number of aliphatic hydroxyl groups excluding tert-OH is 1. The highest BCUT2D eigenvalue weighted by Crippen LogP contribution is 2.41. The lowest BCUT2D eigenvalue weighted by molar-refractivity contribution is -0.183. The zero-order chi connectivity index (χ0) is 27.3. The van der Waals surface area contributed by atoms with Crippen LogP contribution >= 0.6 is 0 Å². The third kappa shape index (κ3) is 5.64. The summed E-state index contributed by atoms with van der Waals surface area (Å²) in [5.74, 6) is -9.19. The van der Waals surface area contributed by atoms with E-state index >= 15 is 0 Å². The van der Waals surface area contributed by atoms with Gasteiger partial charge in [0.2, 0.25) is 23.3 Å². The number of hydrogen-bond acceptors (Lipinski definition) is 11. The van der Waals surface area contributed by atoms with Gasteiger partial charge >= 0.3 is 5.97 Å². The summed E-state index contributed by atoms with van der Waals surface area (Å²) in [4.78, 5) is 77.3. The molecule has 0 bridgehead atoms. The van der Waals surface area contributed by atoms with E-state index < -0.39 is 89.3 Å². The summed E-state index contributed by atoms with van der Waals surface area (Å²) in [6.45, 7) is 5.20. The van der Waals surface area contributed by atoms with Gasteiger partial charge in [-0.3, -0.25) is 28.9 Å². The van der Waals surface area contributed by atoms with Crippen LogP contribution in [0.1, 0.15) is 41.0 Å². The number of primary amides is 1. The molecular weight excluding hydrogens is 452 g/mol. The predicted octanol–water partition coefficient (Wildman–Crippen LogP) is -3.82. The van der Waals surface area contributed by atoms with Crippen molar-refractivity contribution in [1.82, 2.24) is 4.90 Å². The lowest BCUT2D eigenvalue weighted by atomic mass is 9.62. The largest absolute Gasteiger partial charge is 0.479 e. The highest BCUT2D eigenvalue weighted by Gasteiger charge is 2.68. The Labute approximate surface area is 197 Å². The minimum Gasteiger partial charge on any atom is -0.479 e. The van der Waals surface area contributed by atoms with Gasteiger partial charge in [0.1, 0.15) is 0 Å². The molecule has 194 valence electrons. The van der Waals surface area contributed by atoms with E-state index in [1.165, 1.54) is 0 Å². The number of nitrogens with zero attached hydrogens (tertiary/aromatic N) is 1. The van der Waals surface area contributed by atoms with Crippen LogP contribution in [0.15, 0.2) is 0 Å². The summed E-state index contributed by atoms with van der Waals surface area (Å²) in [5.41, 5.74) is 22.1. The molecule has 0 fully saturated rings. The first-order valence-electron chi connectivity index (χ1n) is 10.5. The number of hydrogen-bond donors (Lipinski definition) is 7. The van der Waals surface area contributed by atoms with Crippen LogP contribution in [0.4, 0.5) is 0 Å². The van der Waals surface area contributed by atoms with E-state index in [0.29, 0.717) is 0 Å². The van der Waals surface area contributed by atoms with Gasteiger partial charge in [-0.1, -0.05) is 13.8 Å². The fourth-order valence-electron chi connectivity index (χ4n) is 3.56. The maximum atomic E-state index is 13.6. The Balaban J connectivity index is 7.61. The monoisotopic (exact) mass is 488 g/mol. The van der Waals surface area contributed by atoms with Gasteiger partial charge in [-0.05, 0) is 26.7 Å². The van der Waals surface area contributed by atoms with E-state index in [2.05, 4.69) is 0 Å². The topological polar surface area (TPSA) is 276 Å². The first-order valence-corrected chi connectivity index (χ1v) is 10.5. The van der Waals surface area contributed by atoms with Crippen molar-refractivity contribution < 1.29 is 39.0 Å². The molecule has 0 aliphatic carbocycles. The molecule has 34 heavy (non-hydrogen) atoms. The van der Waals surface area contributed by atoms with Gasteiger partial charge in [-0.15, -0.1) is 0 Å². The van der Waals surface area contributed by atoms with Gasteiger partial charge in [-0.25, -0.2) is 4.79 Å². The van der Waals surface area contributed by atoms with Crippen LogP contribution in [0.5, 0.6) is 0 Å². The van der Waals surface area contributed by atoms with Crippen LogP contribution in [0, 0.1) is 11.3 Å². The normalized spacial score (nSPS) is 17.1. The maximum Gasteiger partial charge on any atom is 0.339 e. The van der Waals surface area contributed by atoms with Crippen molar-refractivity contribution in [2.24, 2.45) is 40.0 Å². The Hall–Kier alpha value is -2.78. The lowest BCUT2D eigenvalue weighted by Crippen LogP contribution is -2.78. The minimum absolute atomic E-state index is 0.0571. The number of carboxylic acids is 1. The third-order valence-electron chi connectivity index (χ3n) is 5.75. The van der Waals surface area contributed by atoms with Gasteiger partial charge in [0.25, 0.3) is 0 Å². The zero-order valence-electron chi connectivity index (χ0n) is 20.0. The number of aliphatic hydroxyl groups is 1. The van der Waals surface area contributed by atoms with Crippen LogP contribution in [-0.4, -0.2) is 86.7 Å².